The molecule has 1 aromatic carbocycles. The van der Waals surface area contributed by atoms with E-state index in [0.29, 0.717) is 39.4 Å². The maximum atomic E-state index is 12.4. The van der Waals surface area contributed by atoms with Crippen molar-refractivity contribution < 1.29 is 24.1 Å². The van der Waals surface area contributed by atoms with E-state index in [-0.39, 0.29) is 35.5 Å². The van der Waals surface area contributed by atoms with Gasteiger partial charge in [-0.3, -0.25) is 4.79 Å². The van der Waals surface area contributed by atoms with Crippen LogP contribution in [-0.2, 0) is 0 Å². The highest BCUT2D eigenvalue weighted by Crippen LogP contribution is 2.57. The number of rotatable bonds is 0. The minimum atomic E-state index is -0.492. The highest BCUT2D eigenvalue weighted by Gasteiger charge is 2.40. The molecule has 2 N–H and O–H groups in total. The first-order valence-corrected chi connectivity index (χ1v) is 9.57. The van der Waals surface area contributed by atoms with E-state index in [4.69, 9.17) is 13.9 Å². The van der Waals surface area contributed by atoms with E-state index >= 15 is 0 Å². The largest absolute Gasteiger partial charge is 0.507 e. The Balaban J connectivity index is 2.04. The summed E-state index contributed by atoms with van der Waals surface area (Å²) >= 11 is 0. The van der Waals surface area contributed by atoms with Crippen LogP contribution in [0.5, 0.6) is 23.0 Å². The maximum Gasteiger partial charge on any atom is 0.224 e. The predicted molar refractivity (Wildman–Crippen MR) is 104 cm³/mol. The fraction of sp³-hybridized carbons (Fsp3) is 0.409. The monoisotopic (exact) mass is 382 g/mol. The summed E-state index contributed by atoms with van der Waals surface area (Å²) in [7, 11) is 0. The van der Waals surface area contributed by atoms with Gasteiger partial charge >= 0.3 is 0 Å². The van der Waals surface area contributed by atoms with Crippen LogP contribution >= 0.6 is 0 Å². The van der Waals surface area contributed by atoms with Crippen molar-refractivity contribution in [3.63, 3.8) is 0 Å². The van der Waals surface area contributed by atoms with Crippen molar-refractivity contribution in [1.29, 1.82) is 0 Å². The van der Waals surface area contributed by atoms with E-state index in [1.165, 1.54) is 6.07 Å². The van der Waals surface area contributed by atoms with Gasteiger partial charge in [-0.2, -0.15) is 0 Å². The van der Waals surface area contributed by atoms with Crippen LogP contribution < -0.4 is 14.9 Å². The first-order chi connectivity index (χ1) is 13.2. The zero-order valence-corrected chi connectivity index (χ0v) is 16.4. The Kier molecular flexibility index (Phi) is 3.28. The van der Waals surface area contributed by atoms with Crippen LogP contribution in [0.15, 0.2) is 15.3 Å². The molecule has 3 heterocycles. The molecular weight excluding hydrogens is 360 g/mol. The molecule has 3 aliphatic heterocycles. The second kappa shape index (κ2) is 5.34. The summed E-state index contributed by atoms with van der Waals surface area (Å²) in [4.78, 5) is 12.4. The molecule has 1 aromatic rings. The lowest BCUT2D eigenvalue weighted by atomic mass is 9.84. The topological polar surface area (TPSA) is 89.1 Å². The Morgan fingerprint density at radius 2 is 1.50 bits per heavy atom. The summed E-state index contributed by atoms with van der Waals surface area (Å²) in [6, 6.07) is 1.27. The molecule has 146 valence electrons. The van der Waals surface area contributed by atoms with E-state index in [9.17, 15) is 15.0 Å². The van der Waals surface area contributed by atoms with Crippen LogP contribution in [0, 0.1) is 6.92 Å². The predicted octanol–water partition coefficient (Wildman–Crippen LogP) is 4.39. The van der Waals surface area contributed by atoms with Crippen molar-refractivity contribution in [2.45, 2.75) is 58.7 Å². The van der Waals surface area contributed by atoms with Gasteiger partial charge in [0.05, 0.1) is 5.56 Å². The lowest BCUT2D eigenvalue weighted by molar-refractivity contribution is 0.185. The van der Waals surface area contributed by atoms with Gasteiger partial charge in [0.25, 0.3) is 0 Å². The molecule has 6 heteroatoms. The van der Waals surface area contributed by atoms with E-state index < -0.39 is 5.43 Å². The summed E-state index contributed by atoms with van der Waals surface area (Å²) in [5.74, 6) is 1.01. The minimum absolute atomic E-state index is 0.0636. The molecule has 0 saturated heterocycles. The Morgan fingerprint density at radius 1 is 0.893 bits per heavy atom. The van der Waals surface area contributed by atoms with Crippen molar-refractivity contribution in [3.8, 4) is 34.3 Å². The Hall–Kier alpha value is -2.89. The van der Waals surface area contributed by atoms with Crippen LogP contribution in [-0.4, -0.2) is 22.4 Å². The molecule has 1 aliphatic carbocycles. The number of fused-ring (bicyclic) bond motifs is 4. The minimum Gasteiger partial charge on any atom is -0.507 e. The molecule has 0 amide bonds. The maximum absolute atomic E-state index is 12.4. The van der Waals surface area contributed by atoms with E-state index in [1.54, 1.807) is 0 Å². The highest BCUT2D eigenvalue weighted by atomic mass is 16.5. The lowest BCUT2D eigenvalue weighted by Gasteiger charge is -2.33. The third-order valence-corrected chi connectivity index (χ3v) is 6.53. The summed E-state index contributed by atoms with van der Waals surface area (Å²) in [5, 5.41) is 22.0. The Morgan fingerprint density at radius 3 is 2.18 bits per heavy atom. The van der Waals surface area contributed by atoms with Crippen molar-refractivity contribution in [1.82, 2.24) is 0 Å². The highest BCUT2D eigenvalue weighted by molar-refractivity contribution is 6.02. The number of benzene rings is 2. The summed E-state index contributed by atoms with van der Waals surface area (Å²) in [6.07, 6.45) is -0.355. The number of phenolic OH excluding ortho intramolecular Hbond substituents is 2. The van der Waals surface area contributed by atoms with Gasteiger partial charge in [-0.05, 0) is 26.3 Å². The molecule has 28 heavy (non-hydrogen) atoms. The van der Waals surface area contributed by atoms with Crippen LogP contribution in [0.4, 0.5) is 0 Å². The van der Waals surface area contributed by atoms with Gasteiger partial charge < -0.3 is 24.1 Å². The molecule has 0 spiro atoms. The number of aromatic hydroxyl groups is 2. The molecule has 0 fully saturated rings. The standard InChI is InChI=1S/C22H22O6/c1-7-10(4)27-21-14(7)9(3)18(24)17-20-16-13(28-22(17)21)6-12(23)19(25)15(16)8(2)11(5)26-20/h6-8,10-11,24-25H,1-5H3. The third-order valence-electron chi connectivity index (χ3n) is 6.53. The summed E-state index contributed by atoms with van der Waals surface area (Å²) in [5.41, 5.74) is 2.55. The summed E-state index contributed by atoms with van der Waals surface area (Å²) < 4.78 is 18.4. The van der Waals surface area contributed by atoms with E-state index in [2.05, 4.69) is 0 Å². The number of hydrogen-bond donors (Lipinski definition) is 2. The average molecular weight is 382 g/mol. The van der Waals surface area contributed by atoms with Gasteiger partial charge in [0, 0.05) is 29.0 Å². The molecule has 4 atom stereocenters. The van der Waals surface area contributed by atoms with Crippen molar-refractivity contribution in [3.05, 3.63) is 33.0 Å². The summed E-state index contributed by atoms with van der Waals surface area (Å²) in [6.45, 7) is 9.66. The first-order valence-electron chi connectivity index (χ1n) is 9.57. The van der Waals surface area contributed by atoms with Gasteiger partial charge in [0.15, 0.2) is 17.1 Å². The lowest BCUT2D eigenvalue weighted by Crippen LogP contribution is -2.27. The number of hydrogen-bond acceptors (Lipinski definition) is 6. The van der Waals surface area contributed by atoms with Crippen LogP contribution in [0.1, 0.15) is 56.2 Å². The van der Waals surface area contributed by atoms with Gasteiger partial charge in [-0.25, -0.2) is 0 Å². The van der Waals surface area contributed by atoms with E-state index in [0.717, 1.165) is 11.1 Å². The molecule has 0 bridgehead atoms. The Bertz CT molecular complexity index is 1190. The average Bonchev–Trinajstić information content (AvgIpc) is 2.95. The zero-order chi connectivity index (χ0) is 20.1. The molecule has 5 rings (SSSR count). The molecule has 0 aromatic heterocycles. The SMILES string of the molecule is Cc1c2c(c3oc4cc(=O)c(O)c5c-4c(c3c1O)OC(C)C5C)OC(C)C2C. The second-order valence-electron chi connectivity index (χ2n) is 8.09. The number of phenols is 2. The van der Waals surface area contributed by atoms with Gasteiger partial charge in [-0.15, -0.1) is 0 Å². The fourth-order valence-electron chi connectivity index (χ4n) is 4.60. The molecule has 0 saturated carbocycles. The normalized spacial score (nSPS) is 25.6. The van der Waals surface area contributed by atoms with Gasteiger partial charge in [-0.1, -0.05) is 13.8 Å². The van der Waals surface area contributed by atoms with Gasteiger partial charge in [0.1, 0.15) is 34.9 Å². The van der Waals surface area contributed by atoms with E-state index in [1.807, 2.05) is 34.6 Å². The number of ether oxygens (including phenoxy) is 2. The van der Waals surface area contributed by atoms with Crippen LogP contribution in [0.2, 0.25) is 0 Å². The molecule has 4 aliphatic rings. The first kappa shape index (κ1) is 17.2. The van der Waals surface area contributed by atoms with Crippen molar-refractivity contribution >= 4 is 11.0 Å². The molecular formula is C22H22O6. The Labute approximate surface area is 161 Å². The third kappa shape index (κ3) is 1.90. The molecule has 4 unspecified atom stereocenters. The van der Waals surface area contributed by atoms with Crippen molar-refractivity contribution in [2.75, 3.05) is 0 Å². The molecule has 6 nitrogen and oxygen atoms in total. The quantitative estimate of drug-likeness (QED) is 0.561. The van der Waals surface area contributed by atoms with Crippen LogP contribution in [0.3, 0.4) is 0 Å². The zero-order valence-electron chi connectivity index (χ0n) is 16.4. The smallest absolute Gasteiger partial charge is 0.224 e. The van der Waals surface area contributed by atoms with Crippen molar-refractivity contribution in [2.24, 2.45) is 0 Å². The second-order valence-corrected chi connectivity index (χ2v) is 8.09. The van der Waals surface area contributed by atoms with Gasteiger partial charge in [0.2, 0.25) is 5.43 Å². The molecule has 0 radical (unpaired) electrons. The fourth-order valence-corrected chi connectivity index (χ4v) is 4.60. The van der Waals surface area contributed by atoms with Crippen LogP contribution in [0.25, 0.3) is 22.3 Å².